The van der Waals surface area contributed by atoms with E-state index in [-0.39, 0.29) is 24.2 Å². The number of hydrogen-bond acceptors (Lipinski definition) is 8. The smallest absolute Gasteiger partial charge is 0.341 e. The van der Waals surface area contributed by atoms with Gasteiger partial charge in [0.05, 0.1) is 34.5 Å². The Morgan fingerprint density at radius 1 is 1.14 bits per heavy atom. The van der Waals surface area contributed by atoms with Crippen LogP contribution in [0.15, 0.2) is 24.3 Å². The van der Waals surface area contributed by atoms with Crippen molar-refractivity contribution in [3.8, 4) is 0 Å². The van der Waals surface area contributed by atoms with Crippen LogP contribution < -0.4 is 5.32 Å². The molecule has 0 spiro atoms. The largest absolute Gasteiger partial charge is 0.462 e. The van der Waals surface area contributed by atoms with Crippen LogP contribution in [0.25, 0.3) is 0 Å². The number of amides is 1. The molecule has 148 valence electrons. The summed E-state index contributed by atoms with van der Waals surface area (Å²) in [5.41, 5.74) is -0.713. The second kappa shape index (κ2) is 9.04. The summed E-state index contributed by atoms with van der Waals surface area (Å²) in [6.45, 7) is 3.74. The number of esters is 1. The van der Waals surface area contributed by atoms with E-state index < -0.39 is 33.1 Å². The Balaban J connectivity index is 2.25. The Labute approximate surface area is 163 Å². The van der Waals surface area contributed by atoms with Crippen LogP contribution in [0.5, 0.6) is 0 Å². The topological polar surface area (TPSA) is 142 Å². The number of nitro groups is 2. The molecule has 0 bridgehead atoms. The molecule has 0 radical (unpaired) electrons. The summed E-state index contributed by atoms with van der Waals surface area (Å²) in [5.74, 6) is -1.16. The van der Waals surface area contributed by atoms with E-state index in [9.17, 15) is 29.8 Å². The maximum absolute atomic E-state index is 12.4. The molecular weight excluding hydrogens is 390 g/mol. The Hall–Kier alpha value is -3.34. The molecule has 1 heterocycles. The van der Waals surface area contributed by atoms with Crippen LogP contribution in [-0.2, 0) is 22.4 Å². The molecule has 0 aliphatic rings. The molecule has 0 saturated carbocycles. The fraction of sp³-hybridized carbons (Fsp3) is 0.294. The van der Waals surface area contributed by atoms with Crippen molar-refractivity contribution in [3.63, 3.8) is 0 Å². The van der Waals surface area contributed by atoms with Crippen molar-refractivity contribution >= 4 is 39.6 Å². The Kier molecular flexibility index (Phi) is 6.77. The highest BCUT2D eigenvalue weighted by atomic mass is 32.1. The molecule has 28 heavy (non-hydrogen) atoms. The fourth-order valence-corrected chi connectivity index (χ4v) is 3.40. The first-order valence-electron chi connectivity index (χ1n) is 8.28. The van der Waals surface area contributed by atoms with Gasteiger partial charge >= 0.3 is 5.97 Å². The predicted molar refractivity (Wildman–Crippen MR) is 102 cm³/mol. The molecule has 0 fully saturated rings. The van der Waals surface area contributed by atoms with Crippen LogP contribution in [-0.4, -0.2) is 28.3 Å². The molecule has 0 unspecified atom stereocenters. The second-order valence-electron chi connectivity index (χ2n) is 5.58. The highest BCUT2D eigenvalue weighted by molar-refractivity contribution is 7.16. The molecule has 1 aromatic carbocycles. The first kappa shape index (κ1) is 21.0. The predicted octanol–water partition coefficient (Wildman–Crippen LogP) is 3.48. The third-order valence-electron chi connectivity index (χ3n) is 3.71. The minimum Gasteiger partial charge on any atom is -0.462 e. The quantitative estimate of drug-likeness (QED) is 0.401. The van der Waals surface area contributed by atoms with E-state index in [0.29, 0.717) is 11.4 Å². The zero-order valence-corrected chi connectivity index (χ0v) is 15.9. The lowest BCUT2D eigenvalue weighted by Gasteiger charge is -2.07. The number of carbonyl (C=O) groups is 2. The normalized spacial score (nSPS) is 10.4. The van der Waals surface area contributed by atoms with Gasteiger partial charge in [-0.25, -0.2) is 4.79 Å². The van der Waals surface area contributed by atoms with Crippen molar-refractivity contribution in [2.24, 2.45) is 0 Å². The maximum atomic E-state index is 12.4. The van der Waals surface area contributed by atoms with Crippen LogP contribution in [0.4, 0.5) is 16.4 Å². The average Bonchev–Trinajstić information content (AvgIpc) is 3.04. The molecule has 1 aromatic heterocycles. The molecule has 11 heteroatoms. The highest BCUT2D eigenvalue weighted by Crippen LogP contribution is 2.30. The van der Waals surface area contributed by atoms with E-state index in [1.54, 1.807) is 13.0 Å². The Morgan fingerprint density at radius 3 is 2.43 bits per heavy atom. The number of nitrogens with one attached hydrogen (secondary N) is 1. The van der Waals surface area contributed by atoms with E-state index in [4.69, 9.17) is 4.74 Å². The van der Waals surface area contributed by atoms with Gasteiger partial charge in [-0.3, -0.25) is 25.0 Å². The SMILES string of the molecule is CCOC(=O)c1cc(CC)sc1NC(=O)Cc1ccc([N+](=O)[O-])cc1[N+](=O)[O-]. The molecule has 0 atom stereocenters. The molecular formula is C17H17N3O7S. The number of hydrogen-bond donors (Lipinski definition) is 1. The molecule has 0 saturated heterocycles. The maximum Gasteiger partial charge on any atom is 0.341 e. The van der Waals surface area contributed by atoms with E-state index >= 15 is 0 Å². The van der Waals surface area contributed by atoms with Crippen molar-refractivity contribution in [1.29, 1.82) is 0 Å². The summed E-state index contributed by atoms with van der Waals surface area (Å²) in [4.78, 5) is 45.8. The van der Waals surface area contributed by atoms with Gasteiger partial charge in [-0.1, -0.05) is 6.92 Å². The van der Waals surface area contributed by atoms with Crippen molar-refractivity contribution in [3.05, 3.63) is 60.5 Å². The lowest BCUT2D eigenvalue weighted by atomic mass is 10.1. The second-order valence-corrected chi connectivity index (χ2v) is 6.72. The molecule has 1 amide bonds. The number of ether oxygens (including phenoxy) is 1. The number of benzene rings is 1. The number of nitrogens with zero attached hydrogens (tertiary/aromatic N) is 2. The zero-order valence-electron chi connectivity index (χ0n) is 15.1. The lowest BCUT2D eigenvalue weighted by Crippen LogP contribution is -2.17. The van der Waals surface area contributed by atoms with Crippen LogP contribution in [0.1, 0.15) is 34.6 Å². The number of carbonyl (C=O) groups excluding carboxylic acids is 2. The van der Waals surface area contributed by atoms with Gasteiger partial charge in [0, 0.05) is 16.5 Å². The van der Waals surface area contributed by atoms with Crippen molar-refractivity contribution in [1.82, 2.24) is 0 Å². The molecule has 0 aliphatic carbocycles. The summed E-state index contributed by atoms with van der Waals surface area (Å²) in [5, 5.41) is 24.9. The molecule has 0 aliphatic heterocycles. The van der Waals surface area contributed by atoms with Gasteiger partial charge in [-0.2, -0.15) is 0 Å². The molecule has 1 N–H and O–H groups in total. The average molecular weight is 407 g/mol. The summed E-state index contributed by atoms with van der Waals surface area (Å²) in [6.07, 6.45) is 0.275. The van der Waals surface area contributed by atoms with E-state index in [1.807, 2.05) is 6.92 Å². The van der Waals surface area contributed by atoms with Crippen LogP contribution in [0.3, 0.4) is 0 Å². The summed E-state index contributed by atoms with van der Waals surface area (Å²) in [7, 11) is 0. The number of thiophene rings is 1. The van der Waals surface area contributed by atoms with Gasteiger partial charge in [0.1, 0.15) is 5.00 Å². The van der Waals surface area contributed by atoms with Gasteiger partial charge in [0.15, 0.2) is 0 Å². The van der Waals surface area contributed by atoms with Crippen LogP contribution in [0, 0.1) is 20.2 Å². The Bertz CT molecular complexity index is 939. The van der Waals surface area contributed by atoms with E-state index in [1.165, 1.54) is 17.4 Å². The van der Waals surface area contributed by atoms with Crippen LogP contribution >= 0.6 is 11.3 Å². The fourth-order valence-electron chi connectivity index (χ4n) is 2.40. The summed E-state index contributed by atoms with van der Waals surface area (Å²) in [6, 6.07) is 4.72. The first-order valence-corrected chi connectivity index (χ1v) is 9.09. The minimum absolute atomic E-state index is 0.0260. The van der Waals surface area contributed by atoms with Gasteiger partial charge in [-0.05, 0) is 25.5 Å². The third-order valence-corrected chi connectivity index (χ3v) is 4.90. The lowest BCUT2D eigenvalue weighted by molar-refractivity contribution is -0.394. The monoisotopic (exact) mass is 407 g/mol. The number of rotatable bonds is 8. The summed E-state index contributed by atoms with van der Waals surface area (Å²) < 4.78 is 4.98. The highest BCUT2D eigenvalue weighted by Gasteiger charge is 2.23. The van der Waals surface area contributed by atoms with Gasteiger partial charge in [0.25, 0.3) is 11.4 Å². The standard InChI is InChI=1S/C17H17N3O7S/c1-3-12-9-13(17(22)27-4-2)16(28-12)18-15(21)7-10-5-6-11(19(23)24)8-14(10)20(25)26/h5-6,8-9H,3-4,7H2,1-2H3,(H,18,21). The Morgan fingerprint density at radius 2 is 1.86 bits per heavy atom. The van der Waals surface area contributed by atoms with Gasteiger partial charge in [0.2, 0.25) is 5.91 Å². The molecule has 10 nitrogen and oxygen atoms in total. The van der Waals surface area contributed by atoms with Crippen molar-refractivity contribution in [2.75, 3.05) is 11.9 Å². The number of anilines is 1. The van der Waals surface area contributed by atoms with Crippen LogP contribution in [0.2, 0.25) is 0 Å². The summed E-state index contributed by atoms with van der Waals surface area (Å²) >= 11 is 1.21. The first-order chi connectivity index (χ1) is 13.3. The van der Waals surface area contributed by atoms with E-state index in [0.717, 1.165) is 17.0 Å². The minimum atomic E-state index is -0.778. The van der Waals surface area contributed by atoms with Crippen molar-refractivity contribution in [2.45, 2.75) is 26.7 Å². The van der Waals surface area contributed by atoms with Gasteiger partial charge in [-0.15, -0.1) is 11.3 Å². The van der Waals surface area contributed by atoms with E-state index in [2.05, 4.69) is 5.32 Å². The third kappa shape index (κ3) is 4.88. The zero-order chi connectivity index (χ0) is 20.8. The van der Waals surface area contributed by atoms with Gasteiger partial charge < -0.3 is 10.1 Å². The number of non-ortho nitro benzene ring substituents is 1. The number of aryl methyl sites for hydroxylation is 1. The number of nitro benzene ring substituents is 2. The molecule has 2 aromatic rings. The molecule has 2 rings (SSSR count). The van der Waals surface area contributed by atoms with Crippen molar-refractivity contribution < 1.29 is 24.2 Å².